The van der Waals surface area contributed by atoms with Crippen molar-refractivity contribution in [2.24, 2.45) is 0 Å². The van der Waals surface area contributed by atoms with Crippen LogP contribution in [0.4, 0.5) is 0 Å². The Kier molecular flexibility index (Phi) is 6.34. The van der Waals surface area contributed by atoms with E-state index >= 15 is 0 Å². The molecule has 0 heterocycles. The van der Waals surface area contributed by atoms with E-state index in [0.717, 1.165) is 5.56 Å². The normalized spacial score (nSPS) is 13.1. The molecule has 0 aliphatic rings. The third-order valence-corrected chi connectivity index (χ3v) is 4.57. The molecule has 2 aromatic carbocycles. The molecule has 0 spiro atoms. The largest absolute Gasteiger partial charge is 0.478 e. The van der Waals surface area contributed by atoms with Crippen LogP contribution in [-0.4, -0.2) is 34.5 Å². The van der Waals surface area contributed by atoms with Gasteiger partial charge in [0.25, 0.3) is 5.91 Å². The van der Waals surface area contributed by atoms with Gasteiger partial charge in [0.1, 0.15) is 0 Å². The Morgan fingerprint density at radius 2 is 1.60 bits per heavy atom. The van der Waals surface area contributed by atoms with E-state index in [1.165, 1.54) is 0 Å². The number of hydrogen-bond acceptors (Lipinski definition) is 2. The first-order chi connectivity index (χ1) is 12.0. The molecule has 2 atom stereocenters. The highest BCUT2D eigenvalue weighted by Crippen LogP contribution is 2.26. The second-order valence-electron chi connectivity index (χ2n) is 6.34. The van der Waals surface area contributed by atoms with Crippen LogP contribution in [0.25, 0.3) is 0 Å². The van der Waals surface area contributed by atoms with Crippen LogP contribution < -0.4 is 0 Å². The van der Waals surface area contributed by atoms with Gasteiger partial charge in [-0.15, -0.1) is 0 Å². The molecule has 0 saturated heterocycles. The van der Waals surface area contributed by atoms with Gasteiger partial charge in [0.15, 0.2) is 0 Å². The zero-order chi connectivity index (χ0) is 18.4. The lowest BCUT2D eigenvalue weighted by Crippen LogP contribution is -2.39. The highest BCUT2D eigenvalue weighted by molar-refractivity contribution is 5.94. The lowest BCUT2D eigenvalue weighted by molar-refractivity contribution is 0.0675. The number of carbonyl (C=O) groups is 2. The minimum absolute atomic E-state index is 0.00863. The second-order valence-corrected chi connectivity index (χ2v) is 6.34. The lowest BCUT2D eigenvalue weighted by atomic mass is 9.90. The average molecular weight is 339 g/mol. The van der Waals surface area contributed by atoms with Crippen molar-refractivity contribution in [2.45, 2.75) is 39.2 Å². The molecular formula is C21H25NO3. The van der Waals surface area contributed by atoms with Crippen molar-refractivity contribution in [1.82, 2.24) is 4.90 Å². The summed E-state index contributed by atoms with van der Waals surface area (Å²) >= 11 is 0. The van der Waals surface area contributed by atoms with Crippen molar-refractivity contribution < 1.29 is 14.7 Å². The van der Waals surface area contributed by atoms with Gasteiger partial charge in [0.2, 0.25) is 0 Å². The number of carboxylic acid groups (broad SMARTS) is 1. The third-order valence-electron chi connectivity index (χ3n) is 4.57. The maximum absolute atomic E-state index is 12.7. The van der Waals surface area contributed by atoms with Crippen LogP contribution in [-0.2, 0) is 0 Å². The Hall–Kier alpha value is -2.62. The van der Waals surface area contributed by atoms with Crippen molar-refractivity contribution in [1.29, 1.82) is 0 Å². The summed E-state index contributed by atoms with van der Waals surface area (Å²) in [5.74, 6) is -0.864. The molecule has 132 valence electrons. The van der Waals surface area contributed by atoms with Gasteiger partial charge in [-0.25, -0.2) is 4.79 Å². The van der Waals surface area contributed by atoms with Crippen LogP contribution in [0.5, 0.6) is 0 Å². The fourth-order valence-corrected chi connectivity index (χ4v) is 3.29. The SMILES string of the molecule is CCN(C(=O)c1ccccc1)C(C)CC(C)c1ccccc1C(=O)O. The van der Waals surface area contributed by atoms with Crippen molar-refractivity contribution in [3.63, 3.8) is 0 Å². The van der Waals surface area contributed by atoms with Crippen LogP contribution >= 0.6 is 0 Å². The summed E-state index contributed by atoms with van der Waals surface area (Å²) < 4.78 is 0. The number of carboxylic acids is 1. The molecular weight excluding hydrogens is 314 g/mol. The first kappa shape index (κ1) is 18.7. The average Bonchev–Trinajstić information content (AvgIpc) is 2.62. The van der Waals surface area contributed by atoms with Gasteiger partial charge in [0, 0.05) is 18.2 Å². The molecule has 0 radical (unpaired) electrons. The predicted molar refractivity (Wildman–Crippen MR) is 99.0 cm³/mol. The van der Waals surface area contributed by atoms with E-state index < -0.39 is 5.97 Å². The summed E-state index contributed by atoms with van der Waals surface area (Å²) in [7, 11) is 0. The van der Waals surface area contributed by atoms with E-state index in [-0.39, 0.29) is 17.9 Å². The van der Waals surface area contributed by atoms with Gasteiger partial charge in [-0.2, -0.15) is 0 Å². The van der Waals surface area contributed by atoms with Crippen molar-refractivity contribution >= 4 is 11.9 Å². The molecule has 0 aromatic heterocycles. The molecule has 2 unspecified atom stereocenters. The minimum atomic E-state index is -0.914. The summed E-state index contributed by atoms with van der Waals surface area (Å²) in [4.78, 5) is 26.0. The number of hydrogen-bond donors (Lipinski definition) is 1. The predicted octanol–water partition coefficient (Wildman–Crippen LogP) is 4.43. The van der Waals surface area contributed by atoms with E-state index in [1.54, 1.807) is 12.1 Å². The fraction of sp³-hybridized carbons (Fsp3) is 0.333. The number of amides is 1. The molecule has 0 saturated carbocycles. The van der Waals surface area contributed by atoms with Crippen LogP contribution in [0.1, 0.15) is 59.4 Å². The van der Waals surface area contributed by atoms with Crippen LogP contribution in [0, 0.1) is 0 Å². The molecule has 2 rings (SSSR count). The molecule has 1 amide bonds. The van der Waals surface area contributed by atoms with Gasteiger partial charge in [-0.1, -0.05) is 43.3 Å². The molecule has 4 heteroatoms. The number of nitrogens with zero attached hydrogens (tertiary/aromatic N) is 1. The number of benzene rings is 2. The summed E-state index contributed by atoms with van der Waals surface area (Å²) in [6.07, 6.45) is 0.705. The van der Waals surface area contributed by atoms with Gasteiger partial charge in [-0.3, -0.25) is 4.79 Å². The van der Waals surface area contributed by atoms with Gasteiger partial charge >= 0.3 is 5.97 Å². The van der Waals surface area contributed by atoms with Crippen LogP contribution in [0.2, 0.25) is 0 Å². The van der Waals surface area contributed by atoms with Crippen molar-refractivity contribution in [3.05, 3.63) is 71.3 Å². The first-order valence-electron chi connectivity index (χ1n) is 8.63. The highest BCUT2D eigenvalue weighted by Gasteiger charge is 2.23. The maximum Gasteiger partial charge on any atom is 0.335 e. The monoisotopic (exact) mass is 339 g/mol. The van der Waals surface area contributed by atoms with E-state index in [4.69, 9.17) is 0 Å². The topological polar surface area (TPSA) is 57.6 Å². The van der Waals surface area contributed by atoms with Gasteiger partial charge < -0.3 is 10.0 Å². The quantitative estimate of drug-likeness (QED) is 0.812. The molecule has 25 heavy (non-hydrogen) atoms. The lowest BCUT2D eigenvalue weighted by Gasteiger charge is -2.30. The van der Waals surface area contributed by atoms with Crippen LogP contribution in [0.15, 0.2) is 54.6 Å². The molecule has 1 N–H and O–H groups in total. The highest BCUT2D eigenvalue weighted by atomic mass is 16.4. The Morgan fingerprint density at radius 1 is 1.00 bits per heavy atom. The Labute approximate surface area is 149 Å². The molecule has 2 aromatic rings. The summed E-state index contributed by atoms with van der Waals surface area (Å²) in [6.45, 7) is 6.61. The molecule has 0 aliphatic carbocycles. The van der Waals surface area contributed by atoms with E-state index in [2.05, 4.69) is 0 Å². The fourth-order valence-electron chi connectivity index (χ4n) is 3.29. The van der Waals surface area contributed by atoms with Crippen LogP contribution in [0.3, 0.4) is 0 Å². The van der Waals surface area contributed by atoms with E-state index in [9.17, 15) is 14.7 Å². The van der Waals surface area contributed by atoms with E-state index in [0.29, 0.717) is 24.1 Å². The Morgan fingerprint density at radius 3 is 2.20 bits per heavy atom. The van der Waals surface area contributed by atoms with Gasteiger partial charge in [-0.05, 0) is 49.9 Å². The zero-order valence-corrected chi connectivity index (χ0v) is 15.0. The molecule has 0 aliphatic heterocycles. The smallest absolute Gasteiger partial charge is 0.335 e. The minimum Gasteiger partial charge on any atom is -0.478 e. The molecule has 0 fully saturated rings. The number of carbonyl (C=O) groups excluding carboxylic acids is 1. The zero-order valence-electron chi connectivity index (χ0n) is 15.0. The first-order valence-corrected chi connectivity index (χ1v) is 8.63. The Bertz CT molecular complexity index is 727. The second kappa shape index (κ2) is 8.47. The summed E-state index contributed by atoms with van der Waals surface area (Å²) in [5, 5.41) is 9.38. The Balaban J connectivity index is 2.15. The summed E-state index contributed by atoms with van der Waals surface area (Å²) in [5.41, 5.74) is 1.82. The number of rotatable bonds is 7. The van der Waals surface area contributed by atoms with Crippen molar-refractivity contribution in [2.75, 3.05) is 6.54 Å². The molecule has 0 bridgehead atoms. The van der Waals surface area contributed by atoms with Crippen molar-refractivity contribution in [3.8, 4) is 0 Å². The maximum atomic E-state index is 12.7. The standard InChI is InChI=1S/C21H25NO3/c1-4-22(20(23)17-10-6-5-7-11-17)16(3)14-15(2)18-12-8-9-13-19(18)21(24)25/h5-13,15-16H,4,14H2,1-3H3,(H,24,25). The number of aromatic carboxylic acids is 1. The van der Waals surface area contributed by atoms with Gasteiger partial charge in [0.05, 0.1) is 5.56 Å². The third kappa shape index (κ3) is 4.47. The van der Waals surface area contributed by atoms with E-state index in [1.807, 2.05) is 68.1 Å². The molecule has 4 nitrogen and oxygen atoms in total. The summed E-state index contributed by atoms with van der Waals surface area (Å²) in [6, 6.07) is 16.3.